The minimum atomic E-state index is -0.307. The molecule has 0 fully saturated rings. The average Bonchev–Trinajstić information content (AvgIpc) is 2.86. The maximum Gasteiger partial charge on any atom is 0.306 e. The summed E-state index contributed by atoms with van der Waals surface area (Å²) in [5, 5.41) is 4.10. The topological polar surface area (TPSA) is 61.2 Å². The van der Waals surface area contributed by atoms with Crippen molar-refractivity contribution in [1.82, 2.24) is 9.78 Å². The number of esters is 1. The molecule has 1 aromatic rings. The molecule has 0 N–H and O–H groups in total. The van der Waals surface area contributed by atoms with Crippen LogP contribution in [0.2, 0.25) is 0 Å². The van der Waals surface area contributed by atoms with E-state index in [-0.39, 0.29) is 30.6 Å². The highest BCUT2D eigenvalue weighted by molar-refractivity contribution is 5.97. The van der Waals surface area contributed by atoms with Gasteiger partial charge in [-0.05, 0) is 20.3 Å². The quantitative estimate of drug-likeness (QED) is 0.412. The molecule has 0 saturated heterocycles. The van der Waals surface area contributed by atoms with E-state index in [0.717, 1.165) is 12.8 Å². The normalized spacial score (nSPS) is 10.7. The molecule has 1 aromatic heterocycles. The molecule has 0 aromatic carbocycles. The number of hydrogen-bond acceptors (Lipinski definition) is 4. The average molecular weight is 266 g/mol. The Morgan fingerprint density at radius 3 is 2.68 bits per heavy atom. The van der Waals surface area contributed by atoms with E-state index in [1.807, 2.05) is 20.8 Å². The van der Waals surface area contributed by atoms with E-state index in [1.165, 1.54) is 0 Å². The maximum absolute atomic E-state index is 11.9. The second-order valence-corrected chi connectivity index (χ2v) is 4.80. The predicted octanol–water partition coefficient (Wildman–Crippen LogP) is 2.77. The lowest BCUT2D eigenvalue weighted by atomic mass is 10.1. The third-order valence-corrected chi connectivity index (χ3v) is 2.77. The molecule has 0 saturated carbocycles. The van der Waals surface area contributed by atoms with Crippen molar-refractivity contribution in [2.24, 2.45) is 0 Å². The van der Waals surface area contributed by atoms with Crippen LogP contribution >= 0.6 is 0 Å². The van der Waals surface area contributed by atoms with Crippen LogP contribution in [0.1, 0.15) is 62.9 Å². The Balaban J connectivity index is 2.36. The van der Waals surface area contributed by atoms with E-state index in [4.69, 9.17) is 4.74 Å². The summed E-state index contributed by atoms with van der Waals surface area (Å²) in [5.74, 6) is -0.377. The maximum atomic E-state index is 11.9. The Morgan fingerprint density at radius 1 is 1.37 bits per heavy atom. The number of nitrogens with zero attached hydrogens (tertiary/aromatic N) is 2. The fraction of sp³-hybridized carbons (Fsp3) is 0.643. The first-order valence-electron chi connectivity index (χ1n) is 6.77. The van der Waals surface area contributed by atoms with Crippen LogP contribution in [0, 0.1) is 0 Å². The fourth-order valence-corrected chi connectivity index (χ4v) is 1.53. The van der Waals surface area contributed by atoms with Crippen LogP contribution in [0.3, 0.4) is 0 Å². The zero-order chi connectivity index (χ0) is 14.3. The molecule has 0 aliphatic carbocycles. The molecule has 0 radical (unpaired) electrons. The number of hydrogen-bond donors (Lipinski definition) is 0. The van der Waals surface area contributed by atoms with E-state index >= 15 is 0 Å². The Bertz CT molecular complexity index is 424. The summed E-state index contributed by atoms with van der Waals surface area (Å²) in [6.45, 7) is 6.46. The molecular formula is C14H22N2O3. The molecule has 0 atom stereocenters. The SMILES string of the molecule is CCCCOC(=O)CCC(=O)c1cnn(C(C)C)c1. The van der Waals surface area contributed by atoms with E-state index in [0.29, 0.717) is 12.2 Å². The van der Waals surface area contributed by atoms with Crippen LogP contribution in [0.15, 0.2) is 12.4 Å². The molecule has 1 heterocycles. The van der Waals surface area contributed by atoms with E-state index in [9.17, 15) is 9.59 Å². The Morgan fingerprint density at radius 2 is 2.11 bits per heavy atom. The van der Waals surface area contributed by atoms with Gasteiger partial charge in [0, 0.05) is 18.7 Å². The number of ketones is 1. The third kappa shape index (κ3) is 5.24. The monoisotopic (exact) mass is 266 g/mol. The van der Waals surface area contributed by atoms with Crippen molar-refractivity contribution in [1.29, 1.82) is 0 Å². The van der Waals surface area contributed by atoms with E-state index in [2.05, 4.69) is 5.10 Å². The first kappa shape index (κ1) is 15.4. The lowest BCUT2D eigenvalue weighted by Crippen LogP contribution is -2.08. The van der Waals surface area contributed by atoms with Crippen LogP contribution in [0.25, 0.3) is 0 Å². The Kier molecular flexibility index (Phi) is 6.25. The lowest BCUT2D eigenvalue weighted by molar-refractivity contribution is -0.143. The second-order valence-electron chi connectivity index (χ2n) is 4.80. The van der Waals surface area contributed by atoms with Gasteiger partial charge in [-0.3, -0.25) is 14.3 Å². The van der Waals surface area contributed by atoms with Crippen molar-refractivity contribution >= 4 is 11.8 Å². The Labute approximate surface area is 113 Å². The standard InChI is InChI=1S/C14H22N2O3/c1-4-5-8-19-14(18)7-6-13(17)12-9-15-16(10-12)11(2)3/h9-11H,4-8H2,1-3H3. The molecular weight excluding hydrogens is 244 g/mol. The summed E-state index contributed by atoms with van der Waals surface area (Å²) >= 11 is 0. The van der Waals surface area contributed by atoms with Crippen molar-refractivity contribution in [3.63, 3.8) is 0 Å². The van der Waals surface area contributed by atoms with Gasteiger partial charge in [0.05, 0.1) is 24.8 Å². The number of carbonyl (C=O) groups is 2. The molecule has 0 bridgehead atoms. The number of unbranched alkanes of at least 4 members (excludes halogenated alkanes) is 1. The molecule has 0 aliphatic heterocycles. The smallest absolute Gasteiger partial charge is 0.306 e. The van der Waals surface area contributed by atoms with Gasteiger partial charge in [-0.25, -0.2) is 0 Å². The molecule has 1 rings (SSSR count). The lowest BCUT2D eigenvalue weighted by Gasteiger charge is -2.03. The first-order chi connectivity index (χ1) is 9.04. The van der Waals surface area contributed by atoms with Crippen LogP contribution < -0.4 is 0 Å². The highest BCUT2D eigenvalue weighted by Crippen LogP contribution is 2.09. The molecule has 19 heavy (non-hydrogen) atoms. The summed E-state index contributed by atoms with van der Waals surface area (Å²) in [7, 11) is 0. The summed E-state index contributed by atoms with van der Waals surface area (Å²) in [6, 6.07) is 0.223. The van der Waals surface area contributed by atoms with Gasteiger partial charge in [-0.15, -0.1) is 0 Å². The van der Waals surface area contributed by atoms with Crippen LogP contribution in [0.4, 0.5) is 0 Å². The van der Waals surface area contributed by atoms with Gasteiger partial charge in [0.1, 0.15) is 0 Å². The number of rotatable bonds is 8. The zero-order valence-electron chi connectivity index (χ0n) is 11.9. The molecule has 0 unspecified atom stereocenters. The van der Waals surface area contributed by atoms with Gasteiger partial charge in [0.2, 0.25) is 0 Å². The molecule has 5 nitrogen and oxygen atoms in total. The van der Waals surface area contributed by atoms with Gasteiger partial charge in [0.15, 0.2) is 5.78 Å². The summed E-state index contributed by atoms with van der Waals surface area (Å²) in [5.41, 5.74) is 0.551. The van der Waals surface area contributed by atoms with Gasteiger partial charge < -0.3 is 4.74 Å². The highest BCUT2D eigenvalue weighted by Gasteiger charge is 2.12. The summed E-state index contributed by atoms with van der Waals surface area (Å²) in [4.78, 5) is 23.2. The largest absolute Gasteiger partial charge is 0.466 e. The number of Topliss-reactive ketones (excluding diaryl/α,β-unsaturated/α-hetero) is 1. The van der Waals surface area contributed by atoms with E-state index in [1.54, 1.807) is 17.1 Å². The van der Waals surface area contributed by atoms with Gasteiger partial charge in [-0.2, -0.15) is 5.10 Å². The van der Waals surface area contributed by atoms with Crippen molar-refractivity contribution in [2.75, 3.05) is 6.61 Å². The third-order valence-electron chi connectivity index (χ3n) is 2.77. The Hall–Kier alpha value is -1.65. The summed E-state index contributed by atoms with van der Waals surface area (Å²) in [6.07, 6.45) is 5.42. The molecule has 0 amide bonds. The van der Waals surface area contributed by atoms with Crippen molar-refractivity contribution in [3.05, 3.63) is 18.0 Å². The first-order valence-corrected chi connectivity index (χ1v) is 6.77. The van der Waals surface area contributed by atoms with Crippen molar-refractivity contribution in [3.8, 4) is 0 Å². The van der Waals surface area contributed by atoms with Crippen molar-refractivity contribution in [2.45, 2.75) is 52.5 Å². The van der Waals surface area contributed by atoms with Crippen LogP contribution in [-0.2, 0) is 9.53 Å². The highest BCUT2D eigenvalue weighted by atomic mass is 16.5. The van der Waals surface area contributed by atoms with Crippen LogP contribution in [0.5, 0.6) is 0 Å². The second kappa shape index (κ2) is 7.71. The van der Waals surface area contributed by atoms with Crippen molar-refractivity contribution < 1.29 is 14.3 Å². The van der Waals surface area contributed by atoms with E-state index < -0.39 is 0 Å². The molecule has 5 heteroatoms. The van der Waals surface area contributed by atoms with Gasteiger partial charge >= 0.3 is 5.97 Å². The number of carbonyl (C=O) groups excluding carboxylic acids is 2. The zero-order valence-corrected chi connectivity index (χ0v) is 11.9. The fourth-order valence-electron chi connectivity index (χ4n) is 1.53. The van der Waals surface area contributed by atoms with Gasteiger partial charge in [-0.1, -0.05) is 13.3 Å². The minimum absolute atomic E-state index is 0.0701. The molecule has 0 aliphatic rings. The minimum Gasteiger partial charge on any atom is -0.466 e. The molecule has 106 valence electrons. The summed E-state index contributed by atoms with van der Waals surface area (Å²) < 4.78 is 6.73. The number of aromatic nitrogens is 2. The molecule has 0 spiro atoms. The predicted molar refractivity (Wildman–Crippen MR) is 72.0 cm³/mol. The number of ether oxygens (including phenoxy) is 1. The van der Waals surface area contributed by atoms with Gasteiger partial charge in [0.25, 0.3) is 0 Å². The van der Waals surface area contributed by atoms with Crippen LogP contribution in [-0.4, -0.2) is 28.1 Å².